The summed E-state index contributed by atoms with van der Waals surface area (Å²) < 4.78 is 0. The van der Waals surface area contributed by atoms with Gasteiger partial charge >= 0.3 is 0 Å². The maximum Gasteiger partial charge on any atom is 0.193 e. The van der Waals surface area contributed by atoms with E-state index in [0.29, 0.717) is 12.1 Å². The summed E-state index contributed by atoms with van der Waals surface area (Å²) in [5.74, 6) is 1.87. The molecule has 0 aromatic rings. The Morgan fingerprint density at radius 1 is 1.29 bits per heavy atom. The molecule has 0 saturated carbocycles. The van der Waals surface area contributed by atoms with Crippen molar-refractivity contribution in [2.24, 2.45) is 10.9 Å². The molecule has 0 aromatic heterocycles. The third-order valence-corrected chi connectivity index (χ3v) is 4.37. The normalized spacial score (nSPS) is 20.7. The van der Waals surface area contributed by atoms with Gasteiger partial charge in [-0.15, -0.1) is 0 Å². The number of aliphatic imine (C=N–C) groups is 1. The smallest absolute Gasteiger partial charge is 0.193 e. The lowest BCUT2D eigenvalue weighted by Gasteiger charge is -2.34. The molecule has 0 amide bonds. The molecule has 1 unspecified atom stereocenters. The second kappa shape index (κ2) is 9.29. The lowest BCUT2D eigenvalue weighted by atomic mass is 10.0. The van der Waals surface area contributed by atoms with Crippen LogP contribution in [0.3, 0.4) is 0 Å². The molecule has 0 spiro atoms. The average molecular weight is 297 g/mol. The van der Waals surface area contributed by atoms with Crippen LogP contribution >= 0.6 is 0 Å². The predicted molar refractivity (Wildman–Crippen MR) is 92.9 cm³/mol. The minimum Gasteiger partial charge on any atom is -0.356 e. The monoisotopic (exact) mass is 296 g/mol. The van der Waals surface area contributed by atoms with Gasteiger partial charge in [0.05, 0.1) is 0 Å². The van der Waals surface area contributed by atoms with Crippen molar-refractivity contribution in [3.05, 3.63) is 0 Å². The standard InChI is InChI=1S/C17H36N4/c1-14(2)21(15(3)4)12-8-10-19-17(18-6)20-11-7-9-16(5)13-20/h14-16H,7-13H2,1-6H3,(H,18,19). The Morgan fingerprint density at radius 3 is 2.48 bits per heavy atom. The van der Waals surface area contributed by atoms with Crippen molar-refractivity contribution in [2.45, 2.75) is 66.0 Å². The van der Waals surface area contributed by atoms with E-state index >= 15 is 0 Å². The van der Waals surface area contributed by atoms with Crippen molar-refractivity contribution >= 4 is 5.96 Å². The molecule has 1 atom stereocenters. The van der Waals surface area contributed by atoms with Crippen LogP contribution in [0.4, 0.5) is 0 Å². The number of hydrogen-bond acceptors (Lipinski definition) is 2. The zero-order valence-corrected chi connectivity index (χ0v) is 15.0. The van der Waals surface area contributed by atoms with Gasteiger partial charge in [-0.1, -0.05) is 6.92 Å². The topological polar surface area (TPSA) is 30.9 Å². The van der Waals surface area contributed by atoms with E-state index in [-0.39, 0.29) is 0 Å². The molecular weight excluding hydrogens is 260 g/mol. The summed E-state index contributed by atoms with van der Waals surface area (Å²) in [6, 6.07) is 1.24. The molecule has 1 fully saturated rings. The summed E-state index contributed by atoms with van der Waals surface area (Å²) in [4.78, 5) is 9.41. The summed E-state index contributed by atoms with van der Waals surface area (Å²) in [6.07, 6.45) is 3.81. The molecule has 21 heavy (non-hydrogen) atoms. The summed E-state index contributed by atoms with van der Waals surface area (Å²) in [5.41, 5.74) is 0. The summed E-state index contributed by atoms with van der Waals surface area (Å²) >= 11 is 0. The quantitative estimate of drug-likeness (QED) is 0.464. The van der Waals surface area contributed by atoms with Crippen molar-refractivity contribution in [3.63, 3.8) is 0 Å². The van der Waals surface area contributed by atoms with Gasteiger partial charge in [0.2, 0.25) is 0 Å². The number of guanidine groups is 1. The molecular formula is C17H36N4. The largest absolute Gasteiger partial charge is 0.356 e. The van der Waals surface area contributed by atoms with Gasteiger partial charge in [0.15, 0.2) is 5.96 Å². The number of nitrogens with one attached hydrogen (secondary N) is 1. The van der Waals surface area contributed by atoms with E-state index in [1.54, 1.807) is 0 Å². The molecule has 4 heteroatoms. The SMILES string of the molecule is CN=C(NCCCN(C(C)C)C(C)C)N1CCCC(C)C1. The van der Waals surface area contributed by atoms with Gasteiger partial charge in [0, 0.05) is 45.3 Å². The highest BCUT2D eigenvalue weighted by Crippen LogP contribution is 2.15. The van der Waals surface area contributed by atoms with E-state index in [9.17, 15) is 0 Å². The highest BCUT2D eigenvalue weighted by Gasteiger charge is 2.19. The second-order valence-electron chi connectivity index (χ2n) is 6.95. The number of piperidine rings is 1. The van der Waals surface area contributed by atoms with Gasteiger partial charge in [-0.05, 0) is 52.9 Å². The fourth-order valence-electron chi connectivity index (χ4n) is 3.29. The van der Waals surface area contributed by atoms with Gasteiger partial charge in [-0.2, -0.15) is 0 Å². The van der Waals surface area contributed by atoms with Gasteiger partial charge in [0.1, 0.15) is 0 Å². The minimum absolute atomic E-state index is 0.618. The Balaban J connectivity index is 2.32. The minimum atomic E-state index is 0.618. The van der Waals surface area contributed by atoms with E-state index < -0.39 is 0 Å². The fourth-order valence-corrected chi connectivity index (χ4v) is 3.29. The van der Waals surface area contributed by atoms with Crippen LogP contribution in [0, 0.1) is 5.92 Å². The van der Waals surface area contributed by atoms with Crippen LogP contribution in [0.25, 0.3) is 0 Å². The molecule has 0 bridgehead atoms. The van der Waals surface area contributed by atoms with Crippen LogP contribution in [0.2, 0.25) is 0 Å². The Morgan fingerprint density at radius 2 is 1.95 bits per heavy atom. The van der Waals surface area contributed by atoms with Crippen molar-refractivity contribution < 1.29 is 0 Å². The molecule has 4 nitrogen and oxygen atoms in total. The van der Waals surface area contributed by atoms with Gasteiger partial charge in [0.25, 0.3) is 0 Å². The van der Waals surface area contributed by atoms with Crippen molar-refractivity contribution in [2.75, 3.05) is 33.2 Å². The Labute approximate surface area is 132 Å². The third-order valence-electron chi connectivity index (χ3n) is 4.37. The predicted octanol–water partition coefficient (Wildman–Crippen LogP) is 2.80. The number of rotatable bonds is 6. The Hall–Kier alpha value is -0.770. The zero-order valence-electron chi connectivity index (χ0n) is 15.0. The van der Waals surface area contributed by atoms with Crippen LogP contribution in [0.15, 0.2) is 4.99 Å². The van der Waals surface area contributed by atoms with E-state index in [2.05, 4.69) is 54.7 Å². The first-order chi connectivity index (χ1) is 9.95. The molecule has 1 rings (SSSR count). The van der Waals surface area contributed by atoms with Crippen molar-refractivity contribution in [3.8, 4) is 0 Å². The summed E-state index contributed by atoms with van der Waals surface area (Å²) in [7, 11) is 1.90. The molecule has 1 heterocycles. The highest BCUT2D eigenvalue weighted by molar-refractivity contribution is 5.79. The van der Waals surface area contributed by atoms with Crippen LogP contribution in [-0.4, -0.2) is 61.1 Å². The second-order valence-corrected chi connectivity index (χ2v) is 6.95. The van der Waals surface area contributed by atoms with Crippen LogP contribution < -0.4 is 5.32 Å². The summed E-state index contributed by atoms with van der Waals surface area (Å²) in [6.45, 7) is 15.9. The first-order valence-corrected chi connectivity index (χ1v) is 8.67. The molecule has 1 aliphatic heterocycles. The third kappa shape index (κ3) is 6.25. The number of hydrogen-bond donors (Lipinski definition) is 1. The molecule has 0 aromatic carbocycles. The van der Waals surface area contributed by atoms with Gasteiger partial charge < -0.3 is 10.2 Å². The highest BCUT2D eigenvalue weighted by atomic mass is 15.3. The first-order valence-electron chi connectivity index (χ1n) is 8.67. The number of likely N-dealkylation sites (tertiary alicyclic amines) is 1. The molecule has 0 radical (unpaired) electrons. The summed E-state index contributed by atoms with van der Waals surface area (Å²) in [5, 5.41) is 3.54. The molecule has 0 aliphatic carbocycles. The van der Waals surface area contributed by atoms with E-state index in [1.807, 2.05) is 7.05 Å². The molecule has 1 N–H and O–H groups in total. The molecule has 124 valence electrons. The lowest BCUT2D eigenvalue weighted by Crippen LogP contribution is -2.47. The maximum absolute atomic E-state index is 4.45. The van der Waals surface area contributed by atoms with Crippen LogP contribution in [-0.2, 0) is 0 Å². The fraction of sp³-hybridized carbons (Fsp3) is 0.941. The molecule has 1 aliphatic rings. The maximum atomic E-state index is 4.45. The zero-order chi connectivity index (χ0) is 15.8. The van der Waals surface area contributed by atoms with E-state index in [0.717, 1.165) is 38.1 Å². The van der Waals surface area contributed by atoms with Gasteiger partial charge in [-0.25, -0.2) is 0 Å². The van der Waals surface area contributed by atoms with Gasteiger partial charge in [-0.3, -0.25) is 9.89 Å². The van der Waals surface area contributed by atoms with Crippen LogP contribution in [0.5, 0.6) is 0 Å². The Kier molecular flexibility index (Phi) is 8.09. The van der Waals surface area contributed by atoms with E-state index in [1.165, 1.54) is 19.3 Å². The first kappa shape index (κ1) is 18.3. The lowest BCUT2D eigenvalue weighted by molar-refractivity contribution is 0.173. The van der Waals surface area contributed by atoms with Crippen LogP contribution in [0.1, 0.15) is 53.9 Å². The average Bonchev–Trinajstić information content (AvgIpc) is 2.42. The number of nitrogens with zero attached hydrogens (tertiary/aromatic N) is 3. The van der Waals surface area contributed by atoms with Crippen molar-refractivity contribution in [1.82, 2.24) is 15.1 Å². The molecule has 1 saturated heterocycles. The van der Waals surface area contributed by atoms with E-state index in [4.69, 9.17) is 0 Å². The Bertz CT molecular complexity index is 304. The van der Waals surface area contributed by atoms with Crippen molar-refractivity contribution in [1.29, 1.82) is 0 Å².